The molecule has 8 heteroatoms. The summed E-state index contributed by atoms with van der Waals surface area (Å²) >= 11 is 0. The maximum atomic E-state index is 13.4. The van der Waals surface area contributed by atoms with Gasteiger partial charge < -0.3 is 9.47 Å². The highest BCUT2D eigenvalue weighted by atomic mass is 16.2. The molecule has 28 heavy (non-hydrogen) atoms. The summed E-state index contributed by atoms with van der Waals surface area (Å²) in [4.78, 5) is 19.8. The molecule has 146 valence electrons. The van der Waals surface area contributed by atoms with Crippen molar-refractivity contribution in [1.29, 1.82) is 0 Å². The summed E-state index contributed by atoms with van der Waals surface area (Å²) in [5.74, 6) is 2.04. The first-order valence-electron chi connectivity index (χ1n) is 10.2. The highest BCUT2D eigenvalue weighted by molar-refractivity contribution is 5.97. The fourth-order valence-electron chi connectivity index (χ4n) is 4.62. The van der Waals surface area contributed by atoms with Crippen LogP contribution in [0.25, 0.3) is 11.0 Å². The van der Waals surface area contributed by atoms with Crippen LogP contribution < -0.4 is 0 Å². The second-order valence-electron chi connectivity index (χ2n) is 7.90. The van der Waals surface area contributed by atoms with Gasteiger partial charge >= 0.3 is 0 Å². The largest absolute Gasteiger partial charge is 0.328 e. The first-order chi connectivity index (χ1) is 13.6. The van der Waals surface area contributed by atoms with Crippen LogP contribution in [0.15, 0.2) is 12.3 Å². The van der Waals surface area contributed by atoms with Crippen molar-refractivity contribution in [3.63, 3.8) is 0 Å². The summed E-state index contributed by atoms with van der Waals surface area (Å²) in [5.41, 5.74) is 2.31. The molecule has 2 aliphatic rings. The van der Waals surface area contributed by atoms with Crippen molar-refractivity contribution < 1.29 is 4.79 Å². The fraction of sp³-hybridized carbons (Fsp3) is 0.550. The molecule has 0 aromatic carbocycles. The maximum absolute atomic E-state index is 13.4. The lowest BCUT2D eigenvalue weighted by Crippen LogP contribution is -2.32. The van der Waals surface area contributed by atoms with Crippen molar-refractivity contribution in [2.45, 2.75) is 58.0 Å². The van der Waals surface area contributed by atoms with E-state index in [1.165, 1.54) is 12.8 Å². The normalized spacial score (nSPS) is 19.8. The van der Waals surface area contributed by atoms with Crippen LogP contribution >= 0.6 is 0 Å². The van der Waals surface area contributed by atoms with E-state index in [0.717, 1.165) is 67.1 Å². The van der Waals surface area contributed by atoms with Gasteiger partial charge in [-0.3, -0.25) is 9.48 Å². The minimum atomic E-state index is -0.00228. The first-order valence-corrected chi connectivity index (χ1v) is 10.2. The lowest BCUT2D eigenvalue weighted by atomic mass is 10.1. The van der Waals surface area contributed by atoms with E-state index in [2.05, 4.69) is 24.8 Å². The number of hydrogen-bond donors (Lipinski definition) is 0. The molecule has 0 N–H and O–H groups in total. The van der Waals surface area contributed by atoms with Crippen molar-refractivity contribution in [3.8, 4) is 0 Å². The smallest absolute Gasteiger partial charge is 0.256 e. The maximum Gasteiger partial charge on any atom is 0.256 e. The second kappa shape index (κ2) is 6.68. The van der Waals surface area contributed by atoms with Gasteiger partial charge in [-0.15, -0.1) is 10.2 Å². The predicted octanol–water partition coefficient (Wildman–Crippen LogP) is 2.57. The lowest BCUT2D eigenvalue weighted by molar-refractivity contribution is 0.0727. The molecule has 3 aromatic rings. The van der Waals surface area contributed by atoms with Crippen LogP contribution in [0.5, 0.6) is 0 Å². The quantitative estimate of drug-likeness (QED) is 0.683. The van der Waals surface area contributed by atoms with Crippen LogP contribution in [0.1, 0.15) is 65.8 Å². The van der Waals surface area contributed by atoms with E-state index in [1.807, 2.05) is 24.9 Å². The van der Waals surface area contributed by atoms with E-state index in [0.29, 0.717) is 5.56 Å². The zero-order valence-electron chi connectivity index (χ0n) is 16.4. The van der Waals surface area contributed by atoms with Crippen LogP contribution in [-0.4, -0.2) is 46.9 Å². The number of likely N-dealkylation sites (tertiary alicyclic amines) is 1. The van der Waals surface area contributed by atoms with Crippen molar-refractivity contribution in [2.75, 3.05) is 6.54 Å². The summed E-state index contributed by atoms with van der Waals surface area (Å²) < 4.78 is 4.01. The SMILES string of the molecule is Cc1nn(C)c2ncc(C(=O)N3CCCC3c3nnc4n3CCCCC4)cc12. The molecule has 8 nitrogen and oxygen atoms in total. The van der Waals surface area contributed by atoms with Gasteiger partial charge in [0.1, 0.15) is 5.82 Å². The third kappa shape index (κ3) is 2.70. The van der Waals surface area contributed by atoms with Gasteiger partial charge in [-0.25, -0.2) is 4.98 Å². The van der Waals surface area contributed by atoms with Gasteiger partial charge in [0.2, 0.25) is 0 Å². The van der Waals surface area contributed by atoms with Crippen LogP contribution in [0.3, 0.4) is 0 Å². The molecule has 0 bridgehead atoms. The Labute approximate surface area is 163 Å². The van der Waals surface area contributed by atoms with Crippen molar-refractivity contribution in [3.05, 3.63) is 35.2 Å². The second-order valence-corrected chi connectivity index (χ2v) is 7.90. The Morgan fingerprint density at radius 3 is 2.93 bits per heavy atom. The van der Waals surface area contributed by atoms with E-state index < -0.39 is 0 Å². The van der Waals surface area contributed by atoms with Crippen molar-refractivity contribution >= 4 is 16.9 Å². The highest BCUT2D eigenvalue weighted by Gasteiger charge is 2.35. The molecule has 1 fully saturated rings. The minimum Gasteiger partial charge on any atom is -0.328 e. The first kappa shape index (κ1) is 17.3. The van der Waals surface area contributed by atoms with E-state index in [-0.39, 0.29) is 11.9 Å². The Hall–Kier alpha value is -2.77. The van der Waals surface area contributed by atoms with E-state index in [9.17, 15) is 4.79 Å². The number of nitrogens with zero attached hydrogens (tertiary/aromatic N) is 7. The predicted molar refractivity (Wildman–Crippen MR) is 104 cm³/mol. The number of carbonyl (C=O) groups excluding carboxylic acids is 1. The molecule has 0 radical (unpaired) electrons. The van der Waals surface area contributed by atoms with Crippen LogP contribution in [0.4, 0.5) is 0 Å². The number of carbonyl (C=O) groups is 1. The number of rotatable bonds is 2. The number of fused-ring (bicyclic) bond motifs is 2. The van der Waals surface area contributed by atoms with Crippen molar-refractivity contribution in [1.82, 2.24) is 34.4 Å². The highest BCUT2D eigenvalue weighted by Crippen LogP contribution is 2.33. The van der Waals surface area contributed by atoms with E-state index in [4.69, 9.17) is 0 Å². The van der Waals surface area contributed by atoms with E-state index in [1.54, 1.807) is 10.9 Å². The number of aromatic nitrogens is 6. The Morgan fingerprint density at radius 1 is 1.14 bits per heavy atom. The fourth-order valence-corrected chi connectivity index (χ4v) is 4.62. The average molecular weight is 379 g/mol. The molecule has 0 aliphatic carbocycles. The molecule has 0 saturated carbocycles. The van der Waals surface area contributed by atoms with Gasteiger partial charge in [0.25, 0.3) is 5.91 Å². The zero-order chi connectivity index (χ0) is 19.3. The molecule has 1 saturated heterocycles. The molecule has 5 heterocycles. The van der Waals surface area contributed by atoms with Gasteiger partial charge in [0.05, 0.1) is 17.3 Å². The molecule has 1 amide bonds. The van der Waals surface area contributed by atoms with Gasteiger partial charge in [-0.2, -0.15) is 5.10 Å². The molecular weight excluding hydrogens is 354 g/mol. The number of amides is 1. The number of pyridine rings is 1. The Morgan fingerprint density at radius 2 is 2.04 bits per heavy atom. The zero-order valence-corrected chi connectivity index (χ0v) is 16.4. The van der Waals surface area contributed by atoms with E-state index >= 15 is 0 Å². The van der Waals surface area contributed by atoms with Gasteiger partial charge in [0.15, 0.2) is 11.5 Å². The Bertz CT molecular complexity index is 1050. The molecule has 3 aromatic heterocycles. The summed E-state index contributed by atoms with van der Waals surface area (Å²) in [5, 5.41) is 14.3. The third-order valence-electron chi connectivity index (χ3n) is 6.06. The van der Waals surface area contributed by atoms with Crippen molar-refractivity contribution in [2.24, 2.45) is 7.05 Å². The number of hydrogen-bond acceptors (Lipinski definition) is 5. The lowest BCUT2D eigenvalue weighted by Gasteiger charge is -2.24. The Balaban J connectivity index is 1.48. The molecular formula is C20H25N7O. The Kier molecular flexibility index (Phi) is 4.14. The molecule has 1 atom stereocenters. The van der Waals surface area contributed by atoms with Crippen LogP contribution in [0, 0.1) is 6.92 Å². The van der Waals surface area contributed by atoms with Crippen LogP contribution in [-0.2, 0) is 20.0 Å². The average Bonchev–Trinajstić information content (AvgIpc) is 3.35. The summed E-state index contributed by atoms with van der Waals surface area (Å²) in [6.45, 7) is 3.65. The monoisotopic (exact) mass is 379 g/mol. The topological polar surface area (TPSA) is 81.7 Å². The summed E-state index contributed by atoms with van der Waals surface area (Å²) in [7, 11) is 1.87. The summed E-state index contributed by atoms with van der Waals surface area (Å²) in [6.07, 6.45) is 8.12. The van der Waals surface area contributed by atoms with Gasteiger partial charge in [-0.1, -0.05) is 6.42 Å². The standard InChI is InChI=1S/C20H25N7O/c1-13-15-11-14(12-21-18(15)25(2)24-13)20(28)26-10-6-7-16(26)19-23-22-17-8-4-3-5-9-27(17)19/h11-12,16H,3-10H2,1-2H3. The van der Waals surface area contributed by atoms with Gasteiger partial charge in [0, 0.05) is 38.1 Å². The molecule has 5 rings (SSSR count). The minimum absolute atomic E-state index is 0.00228. The molecule has 0 spiro atoms. The van der Waals surface area contributed by atoms with Gasteiger partial charge in [-0.05, 0) is 38.7 Å². The molecule has 1 unspecified atom stereocenters. The van der Waals surface area contributed by atoms with Crippen LogP contribution in [0.2, 0.25) is 0 Å². The third-order valence-corrected chi connectivity index (χ3v) is 6.06. The number of aryl methyl sites for hydroxylation is 3. The summed E-state index contributed by atoms with van der Waals surface area (Å²) in [6, 6.07) is 1.92. The molecule has 2 aliphatic heterocycles.